The van der Waals surface area contributed by atoms with E-state index in [-0.39, 0.29) is 0 Å². The summed E-state index contributed by atoms with van der Waals surface area (Å²) in [6.07, 6.45) is 5.21. The Balaban J connectivity index is 2.06. The molecule has 0 N–H and O–H groups in total. The van der Waals surface area contributed by atoms with Gasteiger partial charge in [0.15, 0.2) is 0 Å². The van der Waals surface area contributed by atoms with Gasteiger partial charge in [-0.25, -0.2) is 0 Å². The minimum absolute atomic E-state index is 0.457. The van der Waals surface area contributed by atoms with Crippen molar-refractivity contribution in [2.24, 2.45) is 0 Å². The fourth-order valence-corrected chi connectivity index (χ4v) is 3.26. The molecule has 0 radical (unpaired) electrons. The number of piperidine rings is 2. The van der Waals surface area contributed by atoms with Crippen molar-refractivity contribution in [1.29, 1.82) is 0 Å². The van der Waals surface area contributed by atoms with Crippen LogP contribution in [-0.2, 0) is 9.53 Å². The number of ketones is 1. The van der Waals surface area contributed by atoms with Crippen molar-refractivity contribution in [3.05, 3.63) is 0 Å². The first kappa shape index (κ1) is 11.1. The van der Waals surface area contributed by atoms with Gasteiger partial charge < -0.3 is 4.74 Å². The van der Waals surface area contributed by atoms with Crippen LogP contribution in [0.15, 0.2) is 0 Å². The molecule has 0 aromatic carbocycles. The molecule has 3 unspecified atom stereocenters. The Kier molecular flexibility index (Phi) is 3.42. The van der Waals surface area contributed by atoms with Gasteiger partial charge in [-0.1, -0.05) is 6.42 Å². The van der Waals surface area contributed by atoms with E-state index in [1.807, 2.05) is 0 Å². The van der Waals surface area contributed by atoms with Crippen molar-refractivity contribution >= 4 is 5.78 Å². The van der Waals surface area contributed by atoms with Crippen molar-refractivity contribution in [3.8, 4) is 0 Å². The first-order valence-electron chi connectivity index (χ1n) is 6.00. The van der Waals surface area contributed by atoms with Gasteiger partial charge in [-0.2, -0.15) is 0 Å². The highest BCUT2D eigenvalue weighted by molar-refractivity contribution is 5.80. The van der Waals surface area contributed by atoms with Crippen LogP contribution in [0.4, 0.5) is 0 Å². The molecular weight excluding hydrogens is 190 g/mol. The Hall–Kier alpha value is -0.410. The van der Waals surface area contributed by atoms with Gasteiger partial charge in [-0.15, -0.1) is 0 Å². The molecule has 3 heteroatoms. The molecule has 2 fully saturated rings. The molecule has 2 saturated heterocycles. The third kappa shape index (κ3) is 2.23. The predicted molar refractivity (Wildman–Crippen MR) is 58.8 cm³/mol. The lowest BCUT2D eigenvalue weighted by molar-refractivity contribution is -0.129. The summed E-state index contributed by atoms with van der Waals surface area (Å²) < 4.78 is 5.22. The van der Waals surface area contributed by atoms with E-state index in [9.17, 15) is 4.79 Å². The number of hydrogen-bond donors (Lipinski definition) is 0. The number of rotatable bonds is 3. The number of hydrogen-bond acceptors (Lipinski definition) is 3. The highest BCUT2D eigenvalue weighted by Crippen LogP contribution is 2.33. The maximum absolute atomic E-state index is 11.5. The van der Waals surface area contributed by atoms with Crippen LogP contribution in [-0.4, -0.2) is 42.5 Å². The molecule has 3 atom stereocenters. The fraction of sp³-hybridized carbons (Fsp3) is 0.917. The molecule has 0 aromatic rings. The standard InChI is InChI=1S/C12H21NO2/c1-9(8-15-2)13-10-4-3-5-11(13)7-12(14)6-10/h9-11H,3-8H2,1-2H3. The van der Waals surface area contributed by atoms with E-state index in [1.54, 1.807) is 7.11 Å². The molecule has 86 valence electrons. The topological polar surface area (TPSA) is 29.5 Å². The molecule has 2 heterocycles. The van der Waals surface area contributed by atoms with E-state index in [4.69, 9.17) is 4.74 Å². The van der Waals surface area contributed by atoms with Gasteiger partial charge in [0, 0.05) is 38.1 Å². The highest BCUT2D eigenvalue weighted by atomic mass is 16.5. The third-order valence-electron chi connectivity index (χ3n) is 3.76. The van der Waals surface area contributed by atoms with Gasteiger partial charge in [0.05, 0.1) is 6.61 Å². The Labute approximate surface area is 91.8 Å². The second kappa shape index (κ2) is 4.62. The van der Waals surface area contributed by atoms with E-state index in [0.717, 1.165) is 19.4 Å². The van der Waals surface area contributed by atoms with Crippen molar-refractivity contribution in [1.82, 2.24) is 4.90 Å². The number of Topliss-reactive ketones (excluding diaryl/α,β-unsaturated/α-hetero) is 1. The van der Waals surface area contributed by atoms with Gasteiger partial charge >= 0.3 is 0 Å². The zero-order valence-corrected chi connectivity index (χ0v) is 9.74. The summed E-state index contributed by atoms with van der Waals surface area (Å²) in [4.78, 5) is 14.1. The molecule has 15 heavy (non-hydrogen) atoms. The van der Waals surface area contributed by atoms with E-state index >= 15 is 0 Å². The summed E-state index contributed by atoms with van der Waals surface area (Å²) in [5.41, 5.74) is 0. The fourth-order valence-electron chi connectivity index (χ4n) is 3.26. The molecule has 0 aromatic heterocycles. The Morgan fingerprint density at radius 3 is 2.53 bits per heavy atom. The average molecular weight is 211 g/mol. The molecule has 0 amide bonds. The molecule has 2 aliphatic heterocycles. The van der Waals surface area contributed by atoms with E-state index < -0.39 is 0 Å². The Morgan fingerprint density at radius 1 is 1.40 bits per heavy atom. The van der Waals surface area contributed by atoms with Gasteiger partial charge in [-0.3, -0.25) is 9.69 Å². The van der Waals surface area contributed by atoms with Crippen LogP contribution in [0, 0.1) is 0 Å². The smallest absolute Gasteiger partial charge is 0.136 e. The molecular formula is C12H21NO2. The molecule has 0 saturated carbocycles. The quantitative estimate of drug-likeness (QED) is 0.710. The molecule has 3 nitrogen and oxygen atoms in total. The van der Waals surface area contributed by atoms with Gasteiger partial charge in [-0.05, 0) is 19.8 Å². The number of fused-ring (bicyclic) bond motifs is 2. The second-order valence-electron chi connectivity index (χ2n) is 4.94. The minimum Gasteiger partial charge on any atom is -0.383 e. The average Bonchev–Trinajstić information content (AvgIpc) is 2.16. The second-order valence-corrected chi connectivity index (χ2v) is 4.94. The lowest BCUT2D eigenvalue weighted by atomic mass is 9.83. The maximum Gasteiger partial charge on any atom is 0.136 e. The number of nitrogens with zero attached hydrogens (tertiary/aromatic N) is 1. The van der Waals surface area contributed by atoms with Gasteiger partial charge in [0.25, 0.3) is 0 Å². The summed E-state index contributed by atoms with van der Waals surface area (Å²) >= 11 is 0. The van der Waals surface area contributed by atoms with Crippen LogP contribution in [0.1, 0.15) is 39.0 Å². The first-order chi connectivity index (χ1) is 7.22. The SMILES string of the molecule is COCC(C)N1C2CCCC1CC(=O)C2. The van der Waals surface area contributed by atoms with Crippen molar-refractivity contribution in [2.45, 2.75) is 57.2 Å². The van der Waals surface area contributed by atoms with E-state index in [1.165, 1.54) is 19.3 Å². The minimum atomic E-state index is 0.457. The lowest BCUT2D eigenvalue weighted by Crippen LogP contribution is -2.56. The number of carbonyl (C=O) groups is 1. The summed E-state index contributed by atoms with van der Waals surface area (Å²) in [7, 11) is 1.75. The monoisotopic (exact) mass is 211 g/mol. The summed E-state index contributed by atoms with van der Waals surface area (Å²) in [5, 5.41) is 0. The molecule has 2 rings (SSSR count). The first-order valence-corrected chi connectivity index (χ1v) is 6.00. The van der Waals surface area contributed by atoms with Crippen LogP contribution in [0.2, 0.25) is 0 Å². The molecule has 2 aliphatic rings. The van der Waals surface area contributed by atoms with Gasteiger partial charge in [0.1, 0.15) is 5.78 Å². The zero-order valence-electron chi connectivity index (χ0n) is 9.74. The summed E-state index contributed by atoms with van der Waals surface area (Å²) in [6, 6.07) is 1.45. The van der Waals surface area contributed by atoms with Gasteiger partial charge in [0.2, 0.25) is 0 Å². The van der Waals surface area contributed by atoms with Crippen molar-refractivity contribution < 1.29 is 9.53 Å². The molecule has 2 bridgehead atoms. The lowest BCUT2D eigenvalue weighted by Gasteiger charge is -2.48. The van der Waals surface area contributed by atoms with Crippen LogP contribution in [0.3, 0.4) is 0 Å². The summed E-state index contributed by atoms with van der Waals surface area (Å²) in [6.45, 7) is 2.99. The highest BCUT2D eigenvalue weighted by Gasteiger charge is 2.39. The normalized spacial score (nSPS) is 34.1. The largest absolute Gasteiger partial charge is 0.383 e. The van der Waals surface area contributed by atoms with Crippen molar-refractivity contribution in [3.63, 3.8) is 0 Å². The number of carbonyl (C=O) groups excluding carboxylic acids is 1. The number of methoxy groups -OCH3 is 1. The summed E-state index contributed by atoms with van der Waals surface area (Å²) in [5.74, 6) is 0.463. The van der Waals surface area contributed by atoms with Crippen LogP contribution in [0.5, 0.6) is 0 Å². The Morgan fingerprint density at radius 2 is 2.00 bits per heavy atom. The Bertz CT molecular complexity index is 226. The maximum atomic E-state index is 11.5. The van der Waals surface area contributed by atoms with E-state index in [0.29, 0.717) is 23.9 Å². The number of ether oxygens (including phenoxy) is 1. The van der Waals surface area contributed by atoms with E-state index in [2.05, 4.69) is 11.8 Å². The van der Waals surface area contributed by atoms with Crippen LogP contribution >= 0.6 is 0 Å². The molecule has 0 spiro atoms. The zero-order chi connectivity index (χ0) is 10.8. The van der Waals surface area contributed by atoms with Crippen LogP contribution < -0.4 is 0 Å². The predicted octanol–water partition coefficient (Wildman–Crippen LogP) is 1.61. The van der Waals surface area contributed by atoms with Crippen molar-refractivity contribution in [2.75, 3.05) is 13.7 Å². The third-order valence-corrected chi connectivity index (χ3v) is 3.76. The van der Waals surface area contributed by atoms with Crippen LogP contribution in [0.25, 0.3) is 0 Å². The molecule has 0 aliphatic carbocycles.